The zero-order valence-corrected chi connectivity index (χ0v) is 11.7. The van der Waals surface area contributed by atoms with Gasteiger partial charge in [0.15, 0.2) is 11.3 Å². The third-order valence-electron chi connectivity index (χ3n) is 4.49. The third kappa shape index (κ3) is 1.93. The molecule has 2 N–H and O–H groups in total. The number of hydrogen-bond donors (Lipinski definition) is 1. The summed E-state index contributed by atoms with van der Waals surface area (Å²) in [7, 11) is 1.69. The van der Waals surface area contributed by atoms with E-state index < -0.39 is 0 Å². The van der Waals surface area contributed by atoms with Crippen molar-refractivity contribution in [3.63, 3.8) is 0 Å². The number of ether oxygens (including phenoxy) is 1. The van der Waals surface area contributed by atoms with Crippen LogP contribution in [0.2, 0.25) is 0 Å². The Morgan fingerprint density at radius 1 is 1.26 bits per heavy atom. The van der Waals surface area contributed by atoms with E-state index in [1.807, 2.05) is 6.92 Å². The first-order chi connectivity index (χ1) is 9.18. The maximum atomic E-state index is 6.08. The molecule has 1 aliphatic rings. The fourth-order valence-electron chi connectivity index (χ4n) is 3.37. The summed E-state index contributed by atoms with van der Waals surface area (Å²) in [5.74, 6) is 1.74. The average Bonchev–Trinajstić information content (AvgIpc) is 3.03. The van der Waals surface area contributed by atoms with Crippen LogP contribution in [-0.2, 0) is 5.41 Å². The SMILES string of the molecule is COc1cc(C2(CN)CCCC2)cc2cc(C)oc12. The molecule has 1 heterocycles. The predicted octanol–water partition coefficient (Wildman–Crippen LogP) is 3.52. The summed E-state index contributed by atoms with van der Waals surface area (Å²) in [5.41, 5.74) is 8.35. The van der Waals surface area contributed by atoms with Crippen LogP contribution >= 0.6 is 0 Å². The quantitative estimate of drug-likeness (QED) is 0.917. The van der Waals surface area contributed by atoms with Gasteiger partial charge >= 0.3 is 0 Å². The second kappa shape index (κ2) is 4.57. The van der Waals surface area contributed by atoms with Crippen LogP contribution in [-0.4, -0.2) is 13.7 Å². The van der Waals surface area contributed by atoms with E-state index in [2.05, 4.69) is 18.2 Å². The molecule has 0 radical (unpaired) electrons. The molecule has 1 aliphatic carbocycles. The van der Waals surface area contributed by atoms with Gasteiger partial charge < -0.3 is 14.9 Å². The van der Waals surface area contributed by atoms with Crippen molar-refractivity contribution in [2.45, 2.75) is 38.0 Å². The van der Waals surface area contributed by atoms with E-state index in [-0.39, 0.29) is 5.41 Å². The van der Waals surface area contributed by atoms with E-state index in [0.717, 1.165) is 22.5 Å². The van der Waals surface area contributed by atoms with Gasteiger partial charge in [-0.05, 0) is 43.5 Å². The lowest BCUT2D eigenvalue weighted by Crippen LogP contribution is -2.31. The highest BCUT2D eigenvalue weighted by Gasteiger charge is 2.35. The molecule has 0 atom stereocenters. The lowest BCUT2D eigenvalue weighted by Gasteiger charge is -2.28. The molecule has 3 heteroatoms. The largest absolute Gasteiger partial charge is 0.493 e. The topological polar surface area (TPSA) is 48.4 Å². The van der Waals surface area contributed by atoms with Crippen molar-refractivity contribution in [3.05, 3.63) is 29.5 Å². The van der Waals surface area contributed by atoms with Crippen molar-refractivity contribution in [2.75, 3.05) is 13.7 Å². The fraction of sp³-hybridized carbons (Fsp3) is 0.500. The van der Waals surface area contributed by atoms with Gasteiger partial charge in [-0.15, -0.1) is 0 Å². The van der Waals surface area contributed by atoms with Crippen molar-refractivity contribution < 1.29 is 9.15 Å². The van der Waals surface area contributed by atoms with Crippen LogP contribution in [0.1, 0.15) is 37.0 Å². The molecule has 2 aromatic rings. The van der Waals surface area contributed by atoms with Gasteiger partial charge in [-0.2, -0.15) is 0 Å². The molecule has 0 unspecified atom stereocenters. The summed E-state index contributed by atoms with van der Waals surface area (Å²) in [6.07, 6.45) is 4.88. The van der Waals surface area contributed by atoms with Crippen LogP contribution in [0.4, 0.5) is 0 Å². The summed E-state index contributed by atoms with van der Waals surface area (Å²) in [6.45, 7) is 2.67. The van der Waals surface area contributed by atoms with E-state index in [4.69, 9.17) is 14.9 Å². The van der Waals surface area contributed by atoms with Gasteiger partial charge in [0.1, 0.15) is 5.76 Å². The molecule has 1 aromatic carbocycles. The summed E-state index contributed by atoms with van der Waals surface area (Å²) >= 11 is 0. The lowest BCUT2D eigenvalue weighted by molar-refractivity contribution is 0.403. The smallest absolute Gasteiger partial charge is 0.176 e. The van der Waals surface area contributed by atoms with Gasteiger partial charge in [0, 0.05) is 17.3 Å². The number of fused-ring (bicyclic) bond motifs is 1. The highest BCUT2D eigenvalue weighted by atomic mass is 16.5. The molecule has 19 heavy (non-hydrogen) atoms. The van der Waals surface area contributed by atoms with Crippen LogP contribution in [0.25, 0.3) is 11.0 Å². The minimum Gasteiger partial charge on any atom is -0.493 e. The fourth-order valence-corrected chi connectivity index (χ4v) is 3.37. The zero-order chi connectivity index (χ0) is 13.5. The molecule has 1 saturated carbocycles. The number of rotatable bonds is 3. The summed E-state index contributed by atoms with van der Waals surface area (Å²) in [5, 5.41) is 1.12. The lowest BCUT2D eigenvalue weighted by atomic mass is 9.78. The van der Waals surface area contributed by atoms with Crippen LogP contribution in [0.5, 0.6) is 5.75 Å². The Labute approximate surface area is 113 Å². The molecule has 1 fully saturated rings. The second-order valence-electron chi connectivity index (χ2n) is 5.65. The number of nitrogens with two attached hydrogens (primary N) is 1. The van der Waals surface area contributed by atoms with Crippen LogP contribution in [0.3, 0.4) is 0 Å². The Morgan fingerprint density at radius 3 is 2.63 bits per heavy atom. The molecule has 0 bridgehead atoms. The van der Waals surface area contributed by atoms with E-state index in [1.165, 1.54) is 31.2 Å². The second-order valence-corrected chi connectivity index (χ2v) is 5.65. The zero-order valence-electron chi connectivity index (χ0n) is 11.7. The predicted molar refractivity (Wildman–Crippen MR) is 76.7 cm³/mol. The molecule has 1 aromatic heterocycles. The van der Waals surface area contributed by atoms with Gasteiger partial charge in [-0.3, -0.25) is 0 Å². The Kier molecular flexibility index (Phi) is 3.02. The van der Waals surface area contributed by atoms with Crippen molar-refractivity contribution in [2.24, 2.45) is 5.73 Å². The molecular weight excluding hydrogens is 238 g/mol. The average molecular weight is 259 g/mol. The van der Waals surface area contributed by atoms with Crippen molar-refractivity contribution in [1.82, 2.24) is 0 Å². The van der Waals surface area contributed by atoms with E-state index in [9.17, 15) is 0 Å². The molecule has 102 valence electrons. The molecule has 0 aliphatic heterocycles. The van der Waals surface area contributed by atoms with E-state index in [1.54, 1.807) is 7.11 Å². The van der Waals surface area contributed by atoms with Gasteiger partial charge in [-0.1, -0.05) is 12.8 Å². The maximum Gasteiger partial charge on any atom is 0.176 e. The molecule has 3 rings (SSSR count). The van der Waals surface area contributed by atoms with Gasteiger partial charge in [0.05, 0.1) is 7.11 Å². The Hall–Kier alpha value is -1.48. The molecule has 0 amide bonds. The molecule has 0 spiro atoms. The number of hydrogen-bond acceptors (Lipinski definition) is 3. The monoisotopic (exact) mass is 259 g/mol. The number of aryl methyl sites for hydroxylation is 1. The Morgan fingerprint density at radius 2 is 2.00 bits per heavy atom. The van der Waals surface area contributed by atoms with Gasteiger partial charge in [-0.25, -0.2) is 0 Å². The van der Waals surface area contributed by atoms with Crippen molar-refractivity contribution in [3.8, 4) is 5.75 Å². The summed E-state index contributed by atoms with van der Waals surface area (Å²) < 4.78 is 11.2. The first kappa shape index (κ1) is 12.5. The summed E-state index contributed by atoms with van der Waals surface area (Å²) in [4.78, 5) is 0. The number of methoxy groups -OCH3 is 1. The Bertz CT molecular complexity index is 594. The maximum absolute atomic E-state index is 6.08. The van der Waals surface area contributed by atoms with Crippen molar-refractivity contribution >= 4 is 11.0 Å². The van der Waals surface area contributed by atoms with Crippen LogP contribution in [0, 0.1) is 6.92 Å². The normalized spacial score (nSPS) is 18.1. The first-order valence-corrected chi connectivity index (χ1v) is 6.97. The minimum absolute atomic E-state index is 0.132. The first-order valence-electron chi connectivity index (χ1n) is 6.97. The van der Waals surface area contributed by atoms with Gasteiger partial charge in [0.25, 0.3) is 0 Å². The van der Waals surface area contributed by atoms with Crippen LogP contribution in [0.15, 0.2) is 22.6 Å². The standard InChI is InChI=1S/C16H21NO2/c1-11-7-12-8-13(9-14(18-2)15(12)19-11)16(10-17)5-3-4-6-16/h7-9H,3-6,10,17H2,1-2H3. The van der Waals surface area contributed by atoms with Crippen molar-refractivity contribution in [1.29, 1.82) is 0 Å². The highest BCUT2D eigenvalue weighted by Crippen LogP contribution is 2.43. The number of furan rings is 1. The van der Waals surface area contributed by atoms with Crippen LogP contribution < -0.4 is 10.5 Å². The molecule has 0 saturated heterocycles. The molecule has 3 nitrogen and oxygen atoms in total. The number of benzene rings is 1. The van der Waals surface area contributed by atoms with E-state index >= 15 is 0 Å². The molecular formula is C16H21NO2. The third-order valence-corrected chi connectivity index (χ3v) is 4.49. The Balaban J connectivity index is 2.18. The van der Waals surface area contributed by atoms with Gasteiger partial charge in [0.2, 0.25) is 0 Å². The summed E-state index contributed by atoms with van der Waals surface area (Å²) in [6, 6.07) is 6.41. The minimum atomic E-state index is 0.132. The van der Waals surface area contributed by atoms with E-state index in [0.29, 0.717) is 6.54 Å². The highest BCUT2D eigenvalue weighted by molar-refractivity contribution is 5.85.